The van der Waals surface area contributed by atoms with Crippen molar-refractivity contribution in [2.75, 3.05) is 0 Å². The van der Waals surface area contributed by atoms with Crippen LogP contribution in [0.25, 0.3) is 0 Å². The Balaban J connectivity index is 2.15. The van der Waals surface area contributed by atoms with E-state index < -0.39 is 0 Å². The van der Waals surface area contributed by atoms with Gasteiger partial charge in [-0.05, 0) is 23.9 Å². The van der Waals surface area contributed by atoms with E-state index in [0.717, 1.165) is 16.0 Å². The highest BCUT2D eigenvalue weighted by molar-refractivity contribution is 7.99. The first-order chi connectivity index (χ1) is 7.55. The van der Waals surface area contributed by atoms with Crippen LogP contribution < -0.4 is 0 Å². The van der Waals surface area contributed by atoms with Crippen molar-refractivity contribution < 1.29 is 0 Å². The van der Waals surface area contributed by atoms with Gasteiger partial charge in [-0.3, -0.25) is 5.10 Å². The number of nitrogens with one attached hydrogen (secondary N) is 1. The first kappa shape index (κ1) is 11.1. The summed E-state index contributed by atoms with van der Waals surface area (Å²) in [4.78, 5) is 8.65. The van der Waals surface area contributed by atoms with Gasteiger partial charge < -0.3 is 0 Å². The van der Waals surface area contributed by atoms with Crippen molar-refractivity contribution >= 4 is 11.8 Å². The average Bonchev–Trinajstić information content (AvgIpc) is 2.67. The molecule has 0 aromatic carbocycles. The van der Waals surface area contributed by atoms with Gasteiger partial charge in [-0.1, -0.05) is 26.8 Å². The molecule has 0 aliphatic carbocycles. The number of nitrogens with zero attached hydrogens (tertiary/aromatic N) is 3. The van der Waals surface area contributed by atoms with E-state index in [0.29, 0.717) is 0 Å². The van der Waals surface area contributed by atoms with E-state index in [-0.39, 0.29) is 5.41 Å². The van der Waals surface area contributed by atoms with Crippen LogP contribution in [0.4, 0.5) is 0 Å². The third-order valence-electron chi connectivity index (χ3n) is 1.97. The second-order valence-corrected chi connectivity index (χ2v) is 5.49. The molecule has 0 bridgehead atoms. The van der Waals surface area contributed by atoms with Gasteiger partial charge in [0.25, 0.3) is 0 Å². The van der Waals surface area contributed by atoms with Gasteiger partial charge >= 0.3 is 0 Å². The monoisotopic (exact) mass is 234 g/mol. The Bertz CT molecular complexity index is 458. The van der Waals surface area contributed by atoms with E-state index in [9.17, 15) is 0 Å². The number of rotatable bonds is 2. The summed E-state index contributed by atoms with van der Waals surface area (Å²) < 4.78 is 0. The van der Waals surface area contributed by atoms with E-state index in [4.69, 9.17) is 0 Å². The van der Waals surface area contributed by atoms with Crippen molar-refractivity contribution in [3.63, 3.8) is 0 Å². The van der Waals surface area contributed by atoms with Gasteiger partial charge in [-0.2, -0.15) is 5.10 Å². The number of hydrogen-bond donors (Lipinski definition) is 1. The predicted molar refractivity (Wildman–Crippen MR) is 63.4 cm³/mol. The fraction of sp³-hybridized carbons (Fsp3) is 0.364. The highest BCUT2D eigenvalue weighted by Gasteiger charge is 2.19. The lowest BCUT2D eigenvalue weighted by Crippen LogP contribution is -2.13. The molecule has 0 aliphatic rings. The van der Waals surface area contributed by atoms with Crippen molar-refractivity contribution in [3.8, 4) is 0 Å². The Morgan fingerprint density at radius 3 is 2.62 bits per heavy atom. The molecule has 0 saturated heterocycles. The van der Waals surface area contributed by atoms with Gasteiger partial charge in [0.15, 0.2) is 11.0 Å². The van der Waals surface area contributed by atoms with Crippen LogP contribution in [0.3, 0.4) is 0 Å². The summed E-state index contributed by atoms with van der Waals surface area (Å²) in [6, 6.07) is 5.80. The zero-order valence-corrected chi connectivity index (χ0v) is 10.4. The normalized spacial score (nSPS) is 11.7. The standard InChI is InChI=1S/C11H14N4S/c1-11(2,3)9-13-10(15-14-9)16-8-6-4-5-7-12-8/h4-7H,1-3H3,(H,13,14,15). The average molecular weight is 234 g/mol. The number of hydrogen-bond acceptors (Lipinski definition) is 4. The molecule has 0 aliphatic heterocycles. The van der Waals surface area contributed by atoms with Gasteiger partial charge in [0.1, 0.15) is 5.03 Å². The minimum absolute atomic E-state index is 0.0283. The maximum atomic E-state index is 4.43. The minimum Gasteiger partial charge on any atom is -0.254 e. The number of H-pyrrole nitrogens is 1. The third-order valence-corrected chi connectivity index (χ3v) is 2.80. The lowest BCUT2D eigenvalue weighted by molar-refractivity contribution is 0.547. The van der Waals surface area contributed by atoms with Crippen LogP contribution in [0.5, 0.6) is 0 Å². The van der Waals surface area contributed by atoms with Crippen LogP contribution in [0, 0.1) is 0 Å². The van der Waals surface area contributed by atoms with E-state index in [1.807, 2.05) is 18.2 Å². The molecule has 0 unspecified atom stereocenters. The molecule has 2 aromatic heterocycles. The summed E-state index contributed by atoms with van der Waals surface area (Å²) in [5, 5.41) is 8.82. The van der Waals surface area contributed by atoms with E-state index in [1.54, 1.807) is 6.20 Å². The van der Waals surface area contributed by atoms with Crippen LogP contribution in [0.2, 0.25) is 0 Å². The van der Waals surface area contributed by atoms with Crippen LogP contribution >= 0.6 is 11.8 Å². The zero-order valence-electron chi connectivity index (χ0n) is 9.56. The topological polar surface area (TPSA) is 54.5 Å². The van der Waals surface area contributed by atoms with Gasteiger partial charge in [0, 0.05) is 11.6 Å². The van der Waals surface area contributed by atoms with Gasteiger partial charge in [0.05, 0.1) is 0 Å². The second kappa shape index (κ2) is 4.25. The Morgan fingerprint density at radius 2 is 2.06 bits per heavy atom. The minimum atomic E-state index is -0.0283. The molecule has 0 fully saturated rings. The molecule has 0 radical (unpaired) electrons. The fourth-order valence-corrected chi connectivity index (χ4v) is 1.82. The molecule has 2 rings (SSSR count). The van der Waals surface area contributed by atoms with Gasteiger partial charge in [0.2, 0.25) is 0 Å². The largest absolute Gasteiger partial charge is 0.254 e. The van der Waals surface area contributed by atoms with Crippen molar-refractivity contribution in [2.45, 2.75) is 36.4 Å². The number of pyridine rings is 1. The molecule has 2 heterocycles. The zero-order chi connectivity index (χ0) is 11.6. The van der Waals surface area contributed by atoms with Crippen LogP contribution in [-0.4, -0.2) is 20.2 Å². The second-order valence-electron chi connectivity index (χ2n) is 4.48. The quantitative estimate of drug-likeness (QED) is 0.868. The number of aromatic amines is 1. The first-order valence-electron chi connectivity index (χ1n) is 5.07. The van der Waals surface area contributed by atoms with Gasteiger partial charge in [-0.25, -0.2) is 9.97 Å². The summed E-state index contributed by atoms with van der Waals surface area (Å²) in [5.74, 6) is 0.825. The van der Waals surface area contributed by atoms with Gasteiger partial charge in [-0.15, -0.1) is 0 Å². The van der Waals surface area contributed by atoms with Crippen LogP contribution in [-0.2, 0) is 5.41 Å². The maximum absolute atomic E-state index is 4.43. The molecular formula is C11H14N4S. The molecule has 0 saturated carbocycles. The molecule has 0 amide bonds. The van der Waals surface area contributed by atoms with Crippen molar-refractivity contribution in [2.24, 2.45) is 0 Å². The van der Waals surface area contributed by atoms with Crippen LogP contribution in [0.15, 0.2) is 34.6 Å². The van der Waals surface area contributed by atoms with E-state index in [1.165, 1.54) is 11.8 Å². The van der Waals surface area contributed by atoms with Crippen molar-refractivity contribution in [1.82, 2.24) is 20.2 Å². The molecular weight excluding hydrogens is 220 g/mol. The molecule has 1 N–H and O–H groups in total. The fourth-order valence-electron chi connectivity index (χ4n) is 1.13. The molecule has 0 atom stereocenters. The Hall–Kier alpha value is -1.36. The Kier molecular flexibility index (Phi) is 2.96. The highest BCUT2D eigenvalue weighted by atomic mass is 32.2. The van der Waals surface area contributed by atoms with Crippen molar-refractivity contribution in [1.29, 1.82) is 0 Å². The Morgan fingerprint density at radius 1 is 1.25 bits per heavy atom. The summed E-state index contributed by atoms with van der Waals surface area (Å²) in [5.41, 5.74) is -0.0283. The number of aromatic nitrogens is 4. The molecule has 16 heavy (non-hydrogen) atoms. The molecule has 2 aromatic rings. The van der Waals surface area contributed by atoms with Crippen LogP contribution in [0.1, 0.15) is 26.6 Å². The summed E-state index contributed by atoms with van der Waals surface area (Å²) in [6.07, 6.45) is 1.77. The van der Waals surface area contributed by atoms with E-state index >= 15 is 0 Å². The lowest BCUT2D eigenvalue weighted by Gasteiger charge is -2.11. The Labute approximate surface area is 98.9 Å². The lowest BCUT2D eigenvalue weighted by atomic mass is 9.96. The maximum Gasteiger partial charge on any atom is 0.190 e. The smallest absolute Gasteiger partial charge is 0.190 e. The summed E-state index contributed by atoms with van der Waals surface area (Å²) in [6.45, 7) is 6.27. The molecule has 4 nitrogen and oxygen atoms in total. The third kappa shape index (κ3) is 2.61. The first-order valence-corrected chi connectivity index (χ1v) is 5.89. The molecule has 0 spiro atoms. The highest BCUT2D eigenvalue weighted by Crippen LogP contribution is 2.24. The summed E-state index contributed by atoms with van der Waals surface area (Å²) >= 11 is 1.48. The molecule has 84 valence electrons. The van der Waals surface area contributed by atoms with E-state index in [2.05, 4.69) is 40.9 Å². The SMILES string of the molecule is CC(C)(C)c1n[nH]c(Sc2ccccn2)n1. The van der Waals surface area contributed by atoms with Crippen molar-refractivity contribution in [3.05, 3.63) is 30.2 Å². The summed E-state index contributed by atoms with van der Waals surface area (Å²) in [7, 11) is 0. The predicted octanol–water partition coefficient (Wildman–Crippen LogP) is 2.65. The molecule has 5 heteroatoms.